The van der Waals surface area contributed by atoms with Gasteiger partial charge in [-0.3, -0.25) is 19.2 Å². The summed E-state index contributed by atoms with van der Waals surface area (Å²) in [6.07, 6.45) is 4.62. The molecule has 1 aliphatic carbocycles. The standard InChI is InChI=1S/C37H67NO9/c1-12-16-35(8,9)46-29-20-30(21-29)47-36(10,11)22-34(42)38-37(23-43-17-13-31(39)26(2)3,24-44-18-14-32(40)27(4)5)25-45-19-15-33(41)28(6)7/h26-30H,12-25H2,1-11H3,(H,38,42). The van der Waals surface area contributed by atoms with Gasteiger partial charge in [0.2, 0.25) is 5.91 Å². The predicted molar refractivity (Wildman–Crippen MR) is 183 cm³/mol. The van der Waals surface area contributed by atoms with Crippen molar-refractivity contribution in [1.82, 2.24) is 5.32 Å². The van der Waals surface area contributed by atoms with E-state index in [1.54, 1.807) is 0 Å². The second-order valence-corrected chi connectivity index (χ2v) is 15.5. The summed E-state index contributed by atoms with van der Waals surface area (Å²) in [6.45, 7) is 21.9. The minimum absolute atomic E-state index is 0.00969. The lowest BCUT2D eigenvalue weighted by molar-refractivity contribution is -0.188. The maximum absolute atomic E-state index is 13.6. The van der Waals surface area contributed by atoms with Crippen LogP contribution in [0.15, 0.2) is 0 Å². The molecular formula is C37H67NO9. The quantitative estimate of drug-likeness (QED) is 0.104. The summed E-state index contributed by atoms with van der Waals surface area (Å²) in [7, 11) is 0. The van der Waals surface area contributed by atoms with Crippen LogP contribution in [-0.4, -0.2) is 91.8 Å². The van der Waals surface area contributed by atoms with Crippen molar-refractivity contribution >= 4 is 23.3 Å². The summed E-state index contributed by atoms with van der Waals surface area (Å²) in [5, 5.41) is 3.11. The average Bonchev–Trinajstić information content (AvgIpc) is 2.93. The molecule has 0 atom stereocenters. The number of amides is 1. The van der Waals surface area contributed by atoms with Crippen LogP contribution in [-0.2, 0) is 42.9 Å². The fourth-order valence-corrected chi connectivity index (χ4v) is 5.46. The van der Waals surface area contributed by atoms with E-state index in [-0.39, 0.29) is 124 Å². The van der Waals surface area contributed by atoms with Gasteiger partial charge in [-0.25, -0.2) is 0 Å². The first-order chi connectivity index (χ1) is 21.8. The van der Waals surface area contributed by atoms with Gasteiger partial charge < -0.3 is 29.0 Å². The molecule has 0 aromatic heterocycles. The molecule has 0 radical (unpaired) electrons. The monoisotopic (exact) mass is 669 g/mol. The molecule has 0 heterocycles. The zero-order valence-corrected chi connectivity index (χ0v) is 31.5. The number of rotatable bonds is 27. The van der Waals surface area contributed by atoms with Crippen molar-refractivity contribution in [2.45, 2.75) is 156 Å². The lowest BCUT2D eigenvalue weighted by atomic mass is 9.89. The molecule has 1 aliphatic rings. The van der Waals surface area contributed by atoms with Crippen LogP contribution < -0.4 is 5.32 Å². The Morgan fingerprint density at radius 1 is 0.638 bits per heavy atom. The van der Waals surface area contributed by atoms with Crippen molar-refractivity contribution in [3.63, 3.8) is 0 Å². The first-order valence-corrected chi connectivity index (χ1v) is 17.8. The smallest absolute Gasteiger partial charge is 0.223 e. The Hall–Kier alpha value is -1.72. The lowest BCUT2D eigenvalue weighted by Gasteiger charge is -2.43. The van der Waals surface area contributed by atoms with Crippen LogP contribution in [0.2, 0.25) is 0 Å². The van der Waals surface area contributed by atoms with E-state index in [1.165, 1.54) is 0 Å². The second kappa shape index (κ2) is 20.7. The van der Waals surface area contributed by atoms with Crippen LogP contribution >= 0.6 is 0 Å². The van der Waals surface area contributed by atoms with Crippen molar-refractivity contribution in [3.8, 4) is 0 Å². The Bertz CT molecular complexity index is 898. The van der Waals surface area contributed by atoms with Gasteiger partial charge in [-0.1, -0.05) is 54.9 Å². The Balaban J connectivity index is 2.99. The Morgan fingerprint density at radius 2 is 1.00 bits per heavy atom. The molecule has 0 aromatic rings. The van der Waals surface area contributed by atoms with E-state index >= 15 is 0 Å². The molecular weight excluding hydrogens is 602 g/mol. The van der Waals surface area contributed by atoms with E-state index in [9.17, 15) is 19.2 Å². The van der Waals surface area contributed by atoms with Gasteiger partial charge >= 0.3 is 0 Å². The van der Waals surface area contributed by atoms with E-state index in [0.717, 1.165) is 25.7 Å². The first kappa shape index (κ1) is 43.3. The van der Waals surface area contributed by atoms with Crippen molar-refractivity contribution in [3.05, 3.63) is 0 Å². The molecule has 1 rings (SSSR count). The highest BCUT2D eigenvalue weighted by Crippen LogP contribution is 2.34. The van der Waals surface area contributed by atoms with Crippen LogP contribution in [0.25, 0.3) is 0 Å². The molecule has 0 unspecified atom stereocenters. The zero-order valence-electron chi connectivity index (χ0n) is 31.5. The fraction of sp³-hybridized carbons (Fsp3) is 0.892. The summed E-state index contributed by atoms with van der Waals surface area (Å²) >= 11 is 0. The SMILES string of the molecule is CCCC(C)(C)OC1CC(OC(C)(C)CC(=O)NC(COCCC(=O)C(C)C)(COCCC(=O)C(C)C)COCCC(=O)C(C)C)C1. The number of hydrogen-bond donors (Lipinski definition) is 1. The summed E-state index contributed by atoms with van der Waals surface area (Å²) in [5.74, 6) is -0.316. The molecule has 47 heavy (non-hydrogen) atoms. The number of nitrogens with one attached hydrogen (secondary N) is 1. The Kier molecular flexibility index (Phi) is 19.1. The fourth-order valence-electron chi connectivity index (χ4n) is 5.46. The Labute approximate surface area is 285 Å². The lowest BCUT2D eigenvalue weighted by Crippen LogP contribution is -2.59. The minimum atomic E-state index is -1.12. The van der Waals surface area contributed by atoms with E-state index in [2.05, 4.69) is 26.1 Å². The van der Waals surface area contributed by atoms with Gasteiger partial charge in [0.1, 0.15) is 22.9 Å². The van der Waals surface area contributed by atoms with Crippen LogP contribution in [0.3, 0.4) is 0 Å². The maximum Gasteiger partial charge on any atom is 0.223 e. The van der Waals surface area contributed by atoms with Crippen LogP contribution in [0.5, 0.6) is 0 Å². The maximum atomic E-state index is 13.6. The topological polar surface area (TPSA) is 126 Å². The molecule has 10 heteroatoms. The van der Waals surface area contributed by atoms with Gasteiger partial charge in [-0.2, -0.15) is 0 Å². The molecule has 0 aliphatic heterocycles. The molecule has 0 spiro atoms. The number of hydrogen-bond acceptors (Lipinski definition) is 9. The van der Waals surface area contributed by atoms with E-state index < -0.39 is 11.1 Å². The molecule has 0 bridgehead atoms. The first-order valence-electron chi connectivity index (χ1n) is 17.8. The Morgan fingerprint density at radius 3 is 1.34 bits per heavy atom. The van der Waals surface area contributed by atoms with Gasteiger partial charge in [-0.15, -0.1) is 0 Å². The number of ketones is 3. The van der Waals surface area contributed by atoms with Crippen molar-refractivity contribution in [2.24, 2.45) is 17.8 Å². The van der Waals surface area contributed by atoms with Gasteiger partial charge in [0.15, 0.2) is 0 Å². The molecule has 1 N–H and O–H groups in total. The summed E-state index contributed by atoms with van der Waals surface area (Å²) < 4.78 is 30.5. The molecule has 0 saturated heterocycles. The third-order valence-corrected chi connectivity index (χ3v) is 8.41. The van der Waals surface area contributed by atoms with Crippen LogP contribution in [0.1, 0.15) is 128 Å². The number of ether oxygens (including phenoxy) is 5. The number of carbonyl (C=O) groups excluding carboxylic acids is 4. The molecule has 10 nitrogen and oxygen atoms in total. The van der Waals surface area contributed by atoms with Gasteiger partial charge in [0.25, 0.3) is 0 Å². The largest absolute Gasteiger partial charge is 0.378 e. The van der Waals surface area contributed by atoms with Gasteiger partial charge in [0, 0.05) is 49.9 Å². The van der Waals surface area contributed by atoms with E-state index in [4.69, 9.17) is 23.7 Å². The second-order valence-electron chi connectivity index (χ2n) is 15.5. The molecule has 1 fully saturated rings. The van der Waals surface area contributed by atoms with Crippen LogP contribution in [0.4, 0.5) is 0 Å². The summed E-state index contributed by atoms with van der Waals surface area (Å²) in [4.78, 5) is 50.3. The highest BCUT2D eigenvalue weighted by atomic mass is 16.5. The van der Waals surface area contributed by atoms with Crippen molar-refractivity contribution in [2.75, 3.05) is 39.6 Å². The number of carbonyl (C=O) groups is 4. The molecule has 0 aromatic carbocycles. The summed E-state index contributed by atoms with van der Waals surface area (Å²) in [6, 6.07) is 0. The van der Waals surface area contributed by atoms with Gasteiger partial charge in [0.05, 0.1) is 69.5 Å². The van der Waals surface area contributed by atoms with E-state index in [0.29, 0.717) is 0 Å². The molecule has 1 saturated carbocycles. The third kappa shape index (κ3) is 18.0. The third-order valence-electron chi connectivity index (χ3n) is 8.41. The predicted octanol–water partition coefficient (Wildman–Crippen LogP) is 6.05. The summed E-state index contributed by atoms with van der Waals surface area (Å²) in [5.41, 5.74) is -2.03. The van der Waals surface area contributed by atoms with Crippen molar-refractivity contribution < 1.29 is 42.9 Å². The van der Waals surface area contributed by atoms with E-state index in [1.807, 2.05) is 55.4 Å². The molecule has 1 amide bonds. The normalized spacial score (nSPS) is 17.3. The minimum Gasteiger partial charge on any atom is -0.378 e. The highest BCUT2D eigenvalue weighted by Gasteiger charge is 2.40. The average molecular weight is 670 g/mol. The van der Waals surface area contributed by atoms with Gasteiger partial charge in [-0.05, 0) is 34.1 Å². The van der Waals surface area contributed by atoms with Crippen molar-refractivity contribution in [1.29, 1.82) is 0 Å². The van der Waals surface area contributed by atoms with Crippen LogP contribution in [0, 0.1) is 17.8 Å². The molecule has 274 valence electrons. The highest BCUT2D eigenvalue weighted by molar-refractivity contribution is 5.81. The number of Topliss-reactive ketones (excluding diaryl/α,β-unsaturated/α-hetero) is 3. The zero-order chi connectivity index (χ0) is 35.8.